The van der Waals surface area contributed by atoms with Crippen molar-refractivity contribution < 1.29 is 9.59 Å². The molecule has 1 fully saturated rings. The van der Waals surface area contributed by atoms with E-state index in [-0.39, 0.29) is 17.4 Å². The van der Waals surface area contributed by atoms with Crippen LogP contribution < -0.4 is 16.2 Å². The molecule has 1 saturated carbocycles. The van der Waals surface area contributed by atoms with Crippen LogP contribution in [0.2, 0.25) is 0 Å². The molecule has 0 saturated heterocycles. The fourth-order valence-corrected chi connectivity index (χ4v) is 4.38. The number of para-hydroxylation sites is 1. The van der Waals surface area contributed by atoms with Gasteiger partial charge in [-0.2, -0.15) is 0 Å². The van der Waals surface area contributed by atoms with Crippen molar-refractivity contribution in [2.45, 2.75) is 50.4 Å². The normalized spacial score (nSPS) is 18.9. The van der Waals surface area contributed by atoms with E-state index in [1.165, 1.54) is 11.0 Å². The first kappa shape index (κ1) is 21.1. The van der Waals surface area contributed by atoms with Crippen LogP contribution in [0.3, 0.4) is 0 Å². The van der Waals surface area contributed by atoms with Gasteiger partial charge in [0.05, 0.1) is 16.7 Å². The zero-order chi connectivity index (χ0) is 20.8. The van der Waals surface area contributed by atoms with Crippen LogP contribution in [-0.4, -0.2) is 33.3 Å². The summed E-state index contributed by atoms with van der Waals surface area (Å²) in [5, 5.41) is 6.21. The number of fused-ring (bicyclic) bond motifs is 1. The highest BCUT2D eigenvalue weighted by Crippen LogP contribution is 2.23. The third-order valence-electron chi connectivity index (χ3n) is 5.15. The minimum atomic E-state index is -0.468. The zero-order valence-electron chi connectivity index (χ0n) is 16.5. The largest absolute Gasteiger partial charge is 0.335 e. The number of imide groups is 1. The van der Waals surface area contributed by atoms with Crippen molar-refractivity contribution in [1.29, 1.82) is 0 Å². The number of aromatic nitrogens is 2. The summed E-state index contributed by atoms with van der Waals surface area (Å²) in [5.41, 5.74) is 0.396. The molecule has 1 aliphatic rings. The molecule has 1 aromatic heterocycles. The molecule has 8 heteroatoms. The minimum absolute atomic E-state index is 0.0183. The minimum Gasteiger partial charge on any atom is -0.335 e. The second-order valence-corrected chi connectivity index (χ2v) is 8.24. The quantitative estimate of drug-likeness (QED) is 0.430. The van der Waals surface area contributed by atoms with Crippen molar-refractivity contribution in [2.24, 2.45) is 5.92 Å². The Morgan fingerprint density at radius 3 is 2.83 bits per heavy atom. The van der Waals surface area contributed by atoms with E-state index >= 15 is 0 Å². The number of urea groups is 1. The van der Waals surface area contributed by atoms with Gasteiger partial charge in [-0.25, -0.2) is 9.78 Å². The van der Waals surface area contributed by atoms with Crippen LogP contribution in [0.1, 0.15) is 32.6 Å². The lowest BCUT2D eigenvalue weighted by Gasteiger charge is -2.29. The number of rotatable bonds is 6. The number of allylic oxidation sites excluding steroid dienone is 1. The summed E-state index contributed by atoms with van der Waals surface area (Å²) >= 11 is 1.12. The van der Waals surface area contributed by atoms with Gasteiger partial charge in [0.1, 0.15) is 0 Å². The van der Waals surface area contributed by atoms with Crippen molar-refractivity contribution in [2.75, 3.05) is 5.75 Å². The van der Waals surface area contributed by atoms with Crippen LogP contribution in [0.5, 0.6) is 0 Å². The van der Waals surface area contributed by atoms with Gasteiger partial charge in [0.2, 0.25) is 5.91 Å². The van der Waals surface area contributed by atoms with Gasteiger partial charge in [0.15, 0.2) is 5.16 Å². The Kier molecular flexibility index (Phi) is 7.09. The summed E-state index contributed by atoms with van der Waals surface area (Å²) in [5.74, 6) is -0.0344. The van der Waals surface area contributed by atoms with Gasteiger partial charge in [-0.3, -0.25) is 19.5 Å². The van der Waals surface area contributed by atoms with Crippen molar-refractivity contribution in [3.63, 3.8) is 0 Å². The Morgan fingerprint density at radius 2 is 2.07 bits per heavy atom. The Morgan fingerprint density at radius 1 is 1.31 bits per heavy atom. The second-order valence-electron chi connectivity index (χ2n) is 7.29. The molecule has 0 aliphatic heterocycles. The van der Waals surface area contributed by atoms with Crippen molar-refractivity contribution in [3.8, 4) is 0 Å². The fraction of sp³-hybridized carbons (Fsp3) is 0.429. The average molecular weight is 415 g/mol. The summed E-state index contributed by atoms with van der Waals surface area (Å²) in [7, 11) is 0. The van der Waals surface area contributed by atoms with Gasteiger partial charge in [-0.1, -0.05) is 49.7 Å². The first-order valence-corrected chi connectivity index (χ1v) is 10.8. The smallest absolute Gasteiger partial charge is 0.321 e. The third kappa shape index (κ3) is 5.26. The van der Waals surface area contributed by atoms with Gasteiger partial charge in [0.25, 0.3) is 5.56 Å². The topological polar surface area (TPSA) is 93.1 Å². The molecule has 2 atom stereocenters. The number of thioether (sulfide) groups is 1. The number of nitrogens with zero attached hydrogens (tertiary/aromatic N) is 2. The molecule has 0 bridgehead atoms. The van der Waals surface area contributed by atoms with Crippen molar-refractivity contribution in [3.05, 3.63) is 47.3 Å². The maximum Gasteiger partial charge on any atom is 0.321 e. The standard InChI is InChI=1S/C21H26N4O3S/c1-3-12-25-19(27)15-9-5-7-11-17(15)23-21(25)29-13-18(26)24-20(28)22-16-10-6-4-8-14(16)2/h3,5,7,9,11,14,16H,1,4,6,8,10,12-13H2,2H3,(H2,22,24,26,28)/t14-,16-/m0/s1. The van der Waals surface area contributed by atoms with Gasteiger partial charge in [-0.05, 0) is 30.9 Å². The molecule has 154 valence electrons. The molecule has 3 amide bonds. The van der Waals surface area contributed by atoms with E-state index in [4.69, 9.17) is 0 Å². The van der Waals surface area contributed by atoms with Crippen LogP contribution in [0.25, 0.3) is 10.9 Å². The summed E-state index contributed by atoms with van der Waals surface area (Å²) in [6.45, 7) is 6.09. The van der Waals surface area contributed by atoms with Crippen LogP contribution in [0, 0.1) is 5.92 Å². The van der Waals surface area contributed by atoms with Gasteiger partial charge in [0, 0.05) is 12.6 Å². The molecular formula is C21H26N4O3S. The predicted molar refractivity (Wildman–Crippen MR) is 115 cm³/mol. The molecule has 3 rings (SSSR count). The van der Waals surface area contributed by atoms with Crippen molar-refractivity contribution in [1.82, 2.24) is 20.2 Å². The maximum atomic E-state index is 12.7. The number of amides is 3. The lowest BCUT2D eigenvalue weighted by molar-refractivity contribution is -0.117. The number of carbonyl (C=O) groups is 2. The van der Waals surface area contributed by atoms with E-state index in [9.17, 15) is 14.4 Å². The number of hydrogen-bond acceptors (Lipinski definition) is 5. The van der Waals surface area contributed by atoms with E-state index in [1.807, 2.05) is 6.07 Å². The molecule has 2 N–H and O–H groups in total. The lowest BCUT2D eigenvalue weighted by atomic mass is 9.86. The molecule has 7 nitrogen and oxygen atoms in total. The Hall–Kier alpha value is -2.61. The summed E-state index contributed by atoms with van der Waals surface area (Å²) in [6.07, 6.45) is 5.91. The molecule has 1 aromatic carbocycles. The summed E-state index contributed by atoms with van der Waals surface area (Å²) < 4.78 is 1.48. The van der Waals surface area contributed by atoms with Crippen molar-refractivity contribution >= 4 is 34.6 Å². The van der Waals surface area contributed by atoms with E-state index in [0.717, 1.165) is 31.0 Å². The highest BCUT2D eigenvalue weighted by Gasteiger charge is 2.23. The molecular weight excluding hydrogens is 388 g/mol. The van der Waals surface area contributed by atoms with Crippen LogP contribution in [-0.2, 0) is 11.3 Å². The van der Waals surface area contributed by atoms with E-state index in [0.29, 0.717) is 28.5 Å². The second kappa shape index (κ2) is 9.73. The van der Waals surface area contributed by atoms with E-state index in [1.54, 1.807) is 24.3 Å². The summed E-state index contributed by atoms with van der Waals surface area (Å²) in [6, 6.07) is 6.72. The fourth-order valence-electron chi connectivity index (χ4n) is 3.58. The molecule has 29 heavy (non-hydrogen) atoms. The molecule has 2 aromatic rings. The zero-order valence-corrected chi connectivity index (χ0v) is 17.3. The highest BCUT2D eigenvalue weighted by atomic mass is 32.2. The maximum absolute atomic E-state index is 12.7. The van der Waals surface area contributed by atoms with E-state index < -0.39 is 11.9 Å². The molecule has 0 radical (unpaired) electrons. The predicted octanol–water partition coefficient (Wildman–Crippen LogP) is 3.08. The number of carbonyl (C=O) groups excluding carboxylic acids is 2. The Balaban J connectivity index is 1.64. The molecule has 0 spiro atoms. The number of benzene rings is 1. The van der Waals surface area contributed by atoms with Gasteiger partial charge >= 0.3 is 6.03 Å². The first-order chi connectivity index (χ1) is 14.0. The molecule has 0 unspecified atom stereocenters. The number of nitrogens with one attached hydrogen (secondary N) is 2. The molecule has 1 heterocycles. The van der Waals surface area contributed by atoms with Crippen LogP contribution in [0.15, 0.2) is 46.9 Å². The number of hydrogen-bond donors (Lipinski definition) is 2. The average Bonchev–Trinajstić information content (AvgIpc) is 2.70. The summed E-state index contributed by atoms with van der Waals surface area (Å²) in [4.78, 5) is 41.6. The third-order valence-corrected chi connectivity index (χ3v) is 6.13. The van der Waals surface area contributed by atoms with Crippen LogP contribution >= 0.6 is 11.8 Å². The SMILES string of the molecule is C=CCn1c(SCC(=O)NC(=O)N[C@H]2CCCC[C@@H]2C)nc2ccccc2c1=O. The van der Waals surface area contributed by atoms with Gasteiger partial charge in [-0.15, -0.1) is 6.58 Å². The first-order valence-electron chi connectivity index (χ1n) is 9.83. The monoisotopic (exact) mass is 414 g/mol. The lowest BCUT2D eigenvalue weighted by Crippen LogP contribution is -2.48. The Bertz CT molecular complexity index is 972. The molecule has 1 aliphatic carbocycles. The van der Waals surface area contributed by atoms with Crippen LogP contribution in [0.4, 0.5) is 4.79 Å². The van der Waals surface area contributed by atoms with Gasteiger partial charge < -0.3 is 5.32 Å². The Labute approximate surface area is 174 Å². The highest BCUT2D eigenvalue weighted by molar-refractivity contribution is 7.99. The van der Waals surface area contributed by atoms with E-state index in [2.05, 4.69) is 29.1 Å².